The zero-order valence-corrected chi connectivity index (χ0v) is 10.4. The van der Waals surface area contributed by atoms with Crippen LogP contribution in [-0.4, -0.2) is 4.98 Å². The van der Waals surface area contributed by atoms with Gasteiger partial charge in [-0.1, -0.05) is 39.8 Å². The van der Waals surface area contributed by atoms with Gasteiger partial charge >= 0.3 is 0 Å². The summed E-state index contributed by atoms with van der Waals surface area (Å²) in [6.45, 7) is 8.00. The van der Waals surface area contributed by atoms with Gasteiger partial charge in [0.05, 0.1) is 11.8 Å². The standard InChI is InChI=1S/C9H8N2O.2C2H6/c10-8-4-2-1-3-7(8)9-11-5-6-12-9;2*1-2/h1-6H,10H2;2*1-2H3. The van der Waals surface area contributed by atoms with Gasteiger partial charge in [0.25, 0.3) is 0 Å². The molecule has 0 fully saturated rings. The van der Waals surface area contributed by atoms with Gasteiger partial charge in [-0.2, -0.15) is 0 Å². The van der Waals surface area contributed by atoms with Gasteiger partial charge in [0.2, 0.25) is 5.89 Å². The molecule has 2 aromatic rings. The third-order valence-electron chi connectivity index (χ3n) is 1.62. The second kappa shape index (κ2) is 8.53. The molecule has 1 aromatic carbocycles. The monoisotopic (exact) mass is 220 g/mol. The van der Waals surface area contributed by atoms with Crippen LogP contribution in [0.1, 0.15) is 27.7 Å². The number of hydrogen-bond donors (Lipinski definition) is 1. The summed E-state index contributed by atoms with van der Waals surface area (Å²) in [7, 11) is 0. The normalized spacial score (nSPS) is 8.25. The molecule has 0 unspecified atom stereocenters. The third-order valence-corrected chi connectivity index (χ3v) is 1.62. The maximum atomic E-state index is 5.71. The van der Waals surface area contributed by atoms with Gasteiger partial charge in [-0.3, -0.25) is 0 Å². The van der Waals surface area contributed by atoms with Crippen LogP contribution in [0.15, 0.2) is 41.1 Å². The van der Waals surface area contributed by atoms with Gasteiger partial charge in [0.15, 0.2) is 0 Å². The molecule has 0 saturated carbocycles. The Balaban J connectivity index is 0.000000509. The number of oxazole rings is 1. The van der Waals surface area contributed by atoms with Crippen molar-refractivity contribution >= 4 is 5.69 Å². The fourth-order valence-electron chi connectivity index (χ4n) is 1.05. The summed E-state index contributed by atoms with van der Waals surface area (Å²) in [5, 5.41) is 0. The van der Waals surface area contributed by atoms with Crippen LogP contribution in [0.25, 0.3) is 11.5 Å². The quantitative estimate of drug-likeness (QED) is 0.739. The van der Waals surface area contributed by atoms with Crippen molar-refractivity contribution in [3.8, 4) is 11.5 Å². The predicted octanol–water partition coefficient (Wildman–Crippen LogP) is 3.98. The molecular formula is C13H20N2O. The molecule has 16 heavy (non-hydrogen) atoms. The molecule has 2 rings (SSSR count). The Morgan fingerprint density at radius 1 is 1.06 bits per heavy atom. The minimum absolute atomic E-state index is 0.563. The smallest absolute Gasteiger partial charge is 0.227 e. The maximum Gasteiger partial charge on any atom is 0.227 e. The predicted molar refractivity (Wildman–Crippen MR) is 69.0 cm³/mol. The molecule has 0 saturated heterocycles. The van der Waals surface area contributed by atoms with Crippen LogP contribution in [-0.2, 0) is 0 Å². The molecule has 0 aliphatic heterocycles. The van der Waals surface area contributed by atoms with Crippen molar-refractivity contribution in [2.24, 2.45) is 0 Å². The average molecular weight is 220 g/mol. The van der Waals surface area contributed by atoms with E-state index >= 15 is 0 Å². The fourth-order valence-corrected chi connectivity index (χ4v) is 1.05. The number of nitrogen functional groups attached to an aromatic ring is 1. The van der Waals surface area contributed by atoms with Gasteiger partial charge in [0, 0.05) is 5.69 Å². The highest BCUT2D eigenvalue weighted by Gasteiger charge is 2.04. The Morgan fingerprint density at radius 3 is 2.19 bits per heavy atom. The van der Waals surface area contributed by atoms with Crippen molar-refractivity contribution in [1.82, 2.24) is 4.98 Å². The topological polar surface area (TPSA) is 52.0 Å². The van der Waals surface area contributed by atoms with E-state index in [2.05, 4.69) is 4.98 Å². The van der Waals surface area contributed by atoms with E-state index in [4.69, 9.17) is 10.2 Å². The second-order valence-corrected chi connectivity index (χ2v) is 2.42. The van der Waals surface area contributed by atoms with E-state index in [1.807, 2.05) is 52.0 Å². The summed E-state index contributed by atoms with van der Waals surface area (Å²) in [6.07, 6.45) is 3.13. The zero-order valence-electron chi connectivity index (χ0n) is 10.4. The summed E-state index contributed by atoms with van der Waals surface area (Å²) in [5.41, 5.74) is 7.23. The summed E-state index contributed by atoms with van der Waals surface area (Å²) in [6, 6.07) is 7.47. The lowest BCUT2D eigenvalue weighted by Gasteiger charge is -1.98. The van der Waals surface area contributed by atoms with Crippen molar-refractivity contribution in [2.75, 3.05) is 5.73 Å². The highest BCUT2D eigenvalue weighted by atomic mass is 16.3. The number of para-hydroxylation sites is 1. The van der Waals surface area contributed by atoms with Crippen LogP contribution in [0, 0.1) is 0 Å². The first kappa shape index (κ1) is 14.2. The second-order valence-electron chi connectivity index (χ2n) is 2.42. The van der Waals surface area contributed by atoms with E-state index in [0.29, 0.717) is 11.6 Å². The number of aromatic nitrogens is 1. The Hall–Kier alpha value is -1.77. The molecule has 3 heteroatoms. The van der Waals surface area contributed by atoms with Crippen molar-refractivity contribution in [3.63, 3.8) is 0 Å². The van der Waals surface area contributed by atoms with E-state index in [1.54, 1.807) is 6.20 Å². The minimum Gasteiger partial charge on any atom is -0.444 e. The highest BCUT2D eigenvalue weighted by molar-refractivity contribution is 5.69. The van der Waals surface area contributed by atoms with Gasteiger partial charge in [-0.05, 0) is 12.1 Å². The van der Waals surface area contributed by atoms with Crippen molar-refractivity contribution in [3.05, 3.63) is 36.7 Å². The van der Waals surface area contributed by atoms with Crippen LogP contribution in [0.5, 0.6) is 0 Å². The molecule has 1 aromatic heterocycles. The Labute approximate surface area is 97.3 Å². The maximum absolute atomic E-state index is 5.71. The molecule has 0 radical (unpaired) electrons. The summed E-state index contributed by atoms with van der Waals surface area (Å²) in [5.74, 6) is 0.563. The Bertz CT molecular complexity index is 369. The third kappa shape index (κ3) is 3.77. The van der Waals surface area contributed by atoms with Crippen LogP contribution in [0.3, 0.4) is 0 Å². The number of rotatable bonds is 1. The molecular weight excluding hydrogens is 200 g/mol. The number of hydrogen-bond acceptors (Lipinski definition) is 3. The zero-order chi connectivity index (χ0) is 12.4. The lowest BCUT2D eigenvalue weighted by molar-refractivity contribution is 0.575. The first-order valence-electron chi connectivity index (χ1n) is 5.62. The molecule has 88 valence electrons. The van der Waals surface area contributed by atoms with Crippen LogP contribution >= 0.6 is 0 Å². The lowest BCUT2D eigenvalue weighted by Crippen LogP contribution is -1.88. The van der Waals surface area contributed by atoms with Gasteiger partial charge in [0.1, 0.15) is 6.26 Å². The molecule has 0 spiro atoms. The van der Waals surface area contributed by atoms with Crippen LogP contribution < -0.4 is 5.73 Å². The molecule has 0 amide bonds. The Morgan fingerprint density at radius 2 is 1.69 bits per heavy atom. The SMILES string of the molecule is CC.CC.Nc1ccccc1-c1ncco1. The van der Waals surface area contributed by atoms with Gasteiger partial charge in [-0.25, -0.2) is 4.98 Å². The fraction of sp³-hybridized carbons (Fsp3) is 0.308. The van der Waals surface area contributed by atoms with Crippen molar-refractivity contribution in [1.29, 1.82) is 0 Å². The van der Waals surface area contributed by atoms with E-state index in [-0.39, 0.29) is 0 Å². The lowest BCUT2D eigenvalue weighted by atomic mass is 10.2. The molecule has 1 heterocycles. The first-order chi connectivity index (χ1) is 7.88. The first-order valence-corrected chi connectivity index (χ1v) is 5.62. The van der Waals surface area contributed by atoms with E-state index in [9.17, 15) is 0 Å². The number of nitrogens with two attached hydrogens (primary N) is 1. The van der Waals surface area contributed by atoms with E-state index < -0.39 is 0 Å². The number of anilines is 1. The minimum atomic E-state index is 0.563. The highest BCUT2D eigenvalue weighted by Crippen LogP contribution is 2.22. The molecule has 0 bridgehead atoms. The summed E-state index contributed by atoms with van der Waals surface area (Å²) in [4.78, 5) is 4.00. The molecule has 0 aliphatic rings. The molecule has 0 atom stereocenters. The summed E-state index contributed by atoms with van der Waals surface area (Å²) < 4.78 is 5.11. The van der Waals surface area contributed by atoms with Crippen LogP contribution in [0.4, 0.5) is 5.69 Å². The van der Waals surface area contributed by atoms with Crippen LogP contribution in [0.2, 0.25) is 0 Å². The largest absolute Gasteiger partial charge is 0.444 e. The molecule has 3 nitrogen and oxygen atoms in total. The average Bonchev–Trinajstić information content (AvgIpc) is 2.88. The Kier molecular flexibility index (Phi) is 7.59. The number of nitrogens with zero attached hydrogens (tertiary/aromatic N) is 1. The van der Waals surface area contributed by atoms with Gasteiger partial charge in [-0.15, -0.1) is 0 Å². The number of benzene rings is 1. The van der Waals surface area contributed by atoms with Crippen molar-refractivity contribution < 1.29 is 4.42 Å². The van der Waals surface area contributed by atoms with Crippen molar-refractivity contribution in [2.45, 2.75) is 27.7 Å². The van der Waals surface area contributed by atoms with Gasteiger partial charge < -0.3 is 10.2 Å². The summed E-state index contributed by atoms with van der Waals surface area (Å²) >= 11 is 0. The van der Waals surface area contributed by atoms with E-state index in [1.165, 1.54) is 6.26 Å². The molecule has 0 aliphatic carbocycles. The molecule has 2 N–H and O–H groups in total. The van der Waals surface area contributed by atoms with E-state index in [0.717, 1.165) is 5.56 Å².